The summed E-state index contributed by atoms with van der Waals surface area (Å²) in [5.41, 5.74) is 6.97. The van der Waals surface area contributed by atoms with Gasteiger partial charge >= 0.3 is 0 Å². The van der Waals surface area contributed by atoms with Crippen molar-refractivity contribution in [3.63, 3.8) is 0 Å². The predicted octanol–water partition coefficient (Wildman–Crippen LogP) is 1.06. The van der Waals surface area contributed by atoms with Gasteiger partial charge in [-0.3, -0.25) is 10.1 Å². The van der Waals surface area contributed by atoms with Crippen molar-refractivity contribution in [2.45, 2.75) is 4.45 Å². The van der Waals surface area contributed by atoms with Crippen LogP contribution in [0.1, 0.15) is 5.56 Å². The Bertz CT molecular complexity index is 426. The number of rotatable bonds is 2. The standard InChI is InChI=1S/C8H8BrN3O3/c9-8(4-13)6-3-5(12(14)15)1-2-7(6)10-11-8/h1-3,10-11,13H,4H2. The summed E-state index contributed by atoms with van der Waals surface area (Å²) in [6, 6.07) is 4.43. The molecule has 0 spiro atoms. The molecule has 1 aromatic carbocycles. The summed E-state index contributed by atoms with van der Waals surface area (Å²) in [6.07, 6.45) is 0. The molecule has 0 bridgehead atoms. The molecule has 6 nitrogen and oxygen atoms in total. The molecule has 0 amide bonds. The van der Waals surface area contributed by atoms with Gasteiger partial charge in [-0.1, -0.05) is 15.9 Å². The number of non-ortho nitro benzene ring substituents is 1. The van der Waals surface area contributed by atoms with Gasteiger partial charge in [-0.15, -0.1) is 0 Å². The molecule has 3 N–H and O–H groups in total. The van der Waals surface area contributed by atoms with Crippen molar-refractivity contribution in [2.24, 2.45) is 0 Å². The molecule has 1 atom stereocenters. The van der Waals surface area contributed by atoms with Crippen LogP contribution in [-0.2, 0) is 4.45 Å². The van der Waals surface area contributed by atoms with Gasteiger partial charge in [0.1, 0.15) is 4.45 Å². The molecule has 1 aliphatic heterocycles. The zero-order valence-electron chi connectivity index (χ0n) is 7.53. The van der Waals surface area contributed by atoms with Crippen LogP contribution < -0.4 is 10.9 Å². The van der Waals surface area contributed by atoms with Gasteiger partial charge in [0.25, 0.3) is 5.69 Å². The van der Waals surface area contributed by atoms with Crippen LogP contribution in [0.25, 0.3) is 0 Å². The summed E-state index contributed by atoms with van der Waals surface area (Å²) < 4.78 is -0.853. The average Bonchev–Trinajstić information content (AvgIpc) is 2.57. The second kappa shape index (κ2) is 3.44. The molecular weight excluding hydrogens is 266 g/mol. The highest BCUT2D eigenvalue weighted by molar-refractivity contribution is 9.09. The van der Waals surface area contributed by atoms with Crippen LogP contribution in [0.15, 0.2) is 18.2 Å². The molecule has 15 heavy (non-hydrogen) atoms. The second-order valence-corrected chi connectivity index (χ2v) is 4.55. The molecule has 0 saturated carbocycles. The fourth-order valence-electron chi connectivity index (χ4n) is 1.44. The number of aliphatic hydroxyl groups is 1. The number of benzene rings is 1. The van der Waals surface area contributed by atoms with Gasteiger partial charge in [0, 0.05) is 17.7 Å². The van der Waals surface area contributed by atoms with E-state index in [1.807, 2.05) is 0 Å². The molecule has 0 fully saturated rings. The van der Waals surface area contributed by atoms with E-state index in [1.54, 1.807) is 6.07 Å². The molecule has 0 saturated heterocycles. The number of nitro groups is 1. The minimum absolute atomic E-state index is 0.00322. The molecule has 0 aliphatic carbocycles. The molecule has 0 radical (unpaired) electrons. The minimum Gasteiger partial charge on any atom is -0.393 e. The number of anilines is 1. The highest BCUT2D eigenvalue weighted by Crippen LogP contribution is 2.39. The van der Waals surface area contributed by atoms with Crippen LogP contribution in [-0.4, -0.2) is 16.6 Å². The number of nitrogens with zero attached hydrogens (tertiary/aromatic N) is 1. The SMILES string of the molecule is O=[N+]([O-])c1ccc2c(c1)C(Br)(CO)NN2. The zero-order valence-corrected chi connectivity index (χ0v) is 9.11. The fourth-order valence-corrected chi connectivity index (χ4v) is 1.87. The predicted molar refractivity (Wildman–Crippen MR) is 57.5 cm³/mol. The Morgan fingerprint density at radius 3 is 2.93 bits per heavy atom. The Balaban J connectivity index is 2.51. The summed E-state index contributed by atoms with van der Waals surface area (Å²) in [6.45, 7) is -0.214. The molecule has 80 valence electrons. The first kappa shape index (κ1) is 10.3. The number of nitrogens with one attached hydrogen (secondary N) is 2. The monoisotopic (exact) mass is 273 g/mol. The zero-order chi connectivity index (χ0) is 11.1. The Hall–Kier alpha value is -1.18. The van der Waals surface area contributed by atoms with Crippen LogP contribution in [0.4, 0.5) is 11.4 Å². The Morgan fingerprint density at radius 1 is 1.60 bits per heavy atom. The van der Waals surface area contributed by atoms with E-state index in [-0.39, 0.29) is 12.3 Å². The van der Waals surface area contributed by atoms with E-state index in [0.717, 1.165) is 0 Å². The van der Waals surface area contributed by atoms with Gasteiger partial charge in [-0.25, -0.2) is 5.43 Å². The van der Waals surface area contributed by atoms with Crippen molar-refractivity contribution in [3.05, 3.63) is 33.9 Å². The lowest BCUT2D eigenvalue weighted by Gasteiger charge is -2.18. The van der Waals surface area contributed by atoms with Gasteiger partial charge in [0.15, 0.2) is 0 Å². The lowest BCUT2D eigenvalue weighted by molar-refractivity contribution is -0.384. The van der Waals surface area contributed by atoms with Crippen molar-refractivity contribution in [1.82, 2.24) is 5.43 Å². The summed E-state index contributed by atoms with van der Waals surface area (Å²) in [5.74, 6) is 0. The number of alkyl halides is 1. The van der Waals surface area contributed by atoms with E-state index in [2.05, 4.69) is 26.8 Å². The third kappa shape index (κ3) is 1.58. The highest BCUT2D eigenvalue weighted by Gasteiger charge is 2.36. The maximum atomic E-state index is 10.6. The Morgan fingerprint density at radius 2 is 2.33 bits per heavy atom. The van der Waals surface area contributed by atoms with Gasteiger partial charge in [-0.2, -0.15) is 0 Å². The maximum Gasteiger partial charge on any atom is 0.269 e. The first-order valence-electron chi connectivity index (χ1n) is 4.19. The molecule has 7 heteroatoms. The van der Waals surface area contributed by atoms with Crippen LogP contribution in [0.2, 0.25) is 0 Å². The van der Waals surface area contributed by atoms with Crippen LogP contribution >= 0.6 is 15.9 Å². The molecule has 2 rings (SSSR count). The fraction of sp³-hybridized carbons (Fsp3) is 0.250. The van der Waals surface area contributed by atoms with Crippen LogP contribution in [0.5, 0.6) is 0 Å². The van der Waals surface area contributed by atoms with Crippen LogP contribution in [0.3, 0.4) is 0 Å². The van der Waals surface area contributed by atoms with Gasteiger partial charge in [-0.05, 0) is 6.07 Å². The van der Waals surface area contributed by atoms with E-state index in [0.29, 0.717) is 11.3 Å². The second-order valence-electron chi connectivity index (χ2n) is 3.20. The molecule has 1 aliphatic rings. The van der Waals surface area contributed by atoms with Crippen LogP contribution in [0, 0.1) is 10.1 Å². The quantitative estimate of drug-likeness (QED) is 0.325. The molecule has 0 aromatic heterocycles. The normalized spacial score (nSPS) is 23.3. The van der Waals surface area contributed by atoms with Crippen molar-refractivity contribution < 1.29 is 10.0 Å². The number of aliphatic hydroxyl groups excluding tert-OH is 1. The third-order valence-electron chi connectivity index (χ3n) is 2.25. The van der Waals surface area contributed by atoms with E-state index in [9.17, 15) is 15.2 Å². The lowest BCUT2D eigenvalue weighted by Crippen LogP contribution is -2.36. The van der Waals surface area contributed by atoms with E-state index < -0.39 is 9.37 Å². The summed E-state index contributed by atoms with van der Waals surface area (Å²) in [5, 5.41) is 19.8. The number of nitro benzene ring substituents is 1. The molecule has 1 heterocycles. The van der Waals surface area contributed by atoms with E-state index >= 15 is 0 Å². The van der Waals surface area contributed by atoms with Gasteiger partial charge in [0.2, 0.25) is 0 Å². The number of fused-ring (bicyclic) bond motifs is 1. The molecule has 1 unspecified atom stereocenters. The number of hydrogen-bond donors (Lipinski definition) is 3. The maximum absolute atomic E-state index is 10.6. The first-order valence-corrected chi connectivity index (χ1v) is 4.98. The lowest BCUT2D eigenvalue weighted by atomic mass is 10.1. The first-order chi connectivity index (χ1) is 7.07. The summed E-state index contributed by atoms with van der Waals surface area (Å²) in [7, 11) is 0. The third-order valence-corrected chi connectivity index (χ3v) is 3.13. The summed E-state index contributed by atoms with van der Waals surface area (Å²) in [4.78, 5) is 10.1. The molecular formula is C8H8BrN3O3. The van der Waals surface area contributed by atoms with Crippen molar-refractivity contribution >= 4 is 27.3 Å². The van der Waals surface area contributed by atoms with Gasteiger partial charge in [0.05, 0.1) is 17.2 Å². The topological polar surface area (TPSA) is 87.4 Å². The van der Waals surface area contributed by atoms with Crippen molar-refractivity contribution in [3.8, 4) is 0 Å². The van der Waals surface area contributed by atoms with E-state index in [4.69, 9.17) is 0 Å². The smallest absolute Gasteiger partial charge is 0.269 e. The minimum atomic E-state index is -0.853. The summed E-state index contributed by atoms with van der Waals surface area (Å²) >= 11 is 3.28. The number of hydrogen-bond acceptors (Lipinski definition) is 5. The molecule has 1 aromatic rings. The van der Waals surface area contributed by atoms with Crippen molar-refractivity contribution in [2.75, 3.05) is 12.0 Å². The number of halogens is 1. The largest absolute Gasteiger partial charge is 0.393 e. The van der Waals surface area contributed by atoms with Gasteiger partial charge < -0.3 is 10.5 Å². The average molecular weight is 274 g/mol. The Kier molecular flexibility index (Phi) is 2.37. The Labute approximate surface area is 93.5 Å². The van der Waals surface area contributed by atoms with E-state index in [1.165, 1.54) is 12.1 Å². The van der Waals surface area contributed by atoms with Crippen molar-refractivity contribution in [1.29, 1.82) is 0 Å². The highest BCUT2D eigenvalue weighted by atomic mass is 79.9. The number of hydrazine groups is 1.